The molecule has 0 spiro atoms. The van der Waals surface area contributed by atoms with Gasteiger partial charge in [-0.3, -0.25) is 0 Å². The topological polar surface area (TPSA) is 60.7 Å². The molecule has 6 heteroatoms. The number of thiazole rings is 1. The zero-order chi connectivity index (χ0) is 11.6. The van der Waals surface area contributed by atoms with Gasteiger partial charge in [-0.1, -0.05) is 22.9 Å². The summed E-state index contributed by atoms with van der Waals surface area (Å²) in [5.41, 5.74) is 0.0547. The monoisotopic (exact) mass is 256 g/mol. The van der Waals surface area contributed by atoms with Crippen LogP contribution in [-0.2, 0) is 0 Å². The third-order valence-electron chi connectivity index (χ3n) is 2.80. The van der Waals surface area contributed by atoms with Crippen LogP contribution in [0.3, 0.4) is 0 Å². The average Bonchev–Trinajstić information content (AvgIpc) is 2.59. The van der Waals surface area contributed by atoms with Crippen LogP contribution >= 0.6 is 22.9 Å². The van der Waals surface area contributed by atoms with E-state index in [2.05, 4.69) is 22.5 Å². The molecule has 2 N–H and O–H groups in total. The molecule has 86 valence electrons. The summed E-state index contributed by atoms with van der Waals surface area (Å²) in [6, 6.07) is 2.04. The van der Waals surface area contributed by atoms with Gasteiger partial charge >= 0.3 is 0 Å². The Labute approximate surface area is 104 Å². The molecule has 0 bridgehead atoms. The molecule has 4 nitrogen and oxygen atoms in total. The average molecular weight is 257 g/mol. The van der Waals surface area contributed by atoms with E-state index in [9.17, 15) is 0 Å². The van der Waals surface area contributed by atoms with Crippen molar-refractivity contribution in [1.29, 1.82) is 5.26 Å². The number of nitriles is 1. The van der Waals surface area contributed by atoms with Gasteiger partial charge in [0.25, 0.3) is 0 Å². The van der Waals surface area contributed by atoms with Crippen molar-refractivity contribution in [3.05, 3.63) is 10.0 Å². The second-order valence-corrected chi connectivity index (χ2v) is 5.54. The molecule has 0 atom stereocenters. The van der Waals surface area contributed by atoms with Crippen LogP contribution in [0.4, 0.5) is 5.13 Å². The molecule has 0 aliphatic carbocycles. The van der Waals surface area contributed by atoms with Gasteiger partial charge < -0.3 is 10.6 Å². The Morgan fingerprint density at radius 1 is 1.56 bits per heavy atom. The number of nitrogens with one attached hydrogen (secondary N) is 2. The summed E-state index contributed by atoms with van der Waals surface area (Å²) < 4.78 is 0. The lowest BCUT2D eigenvalue weighted by atomic mass is 9.91. The molecule has 0 amide bonds. The molecule has 2 heterocycles. The van der Waals surface area contributed by atoms with Crippen molar-refractivity contribution < 1.29 is 0 Å². The van der Waals surface area contributed by atoms with Gasteiger partial charge in [-0.05, 0) is 32.9 Å². The highest BCUT2D eigenvalue weighted by atomic mass is 35.5. The number of nitrogens with zero attached hydrogens (tertiary/aromatic N) is 2. The first kappa shape index (κ1) is 11.6. The number of anilines is 1. The first-order valence-corrected chi connectivity index (χ1v) is 6.38. The molecule has 1 aromatic rings. The minimum atomic E-state index is 0.0547. The maximum atomic E-state index is 8.80. The van der Waals surface area contributed by atoms with Crippen molar-refractivity contribution >= 4 is 28.1 Å². The highest BCUT2D eigenvalue weighted by Gasteiger charge is 2.27. The highest BCUT2D eigenvalue weighted by molar-refractivity contribution is 7.16. The van der Waals surface area contributed by atoms with Crippen molar-refractivity contribution in [1.82, 2.24) is 10.3 Å². The highest BCUT2D eigenvalue weighted by Crippen LogP contribution is 2.30. The number of piperidine rings is 1. The van der Waals surface area contributed by atoms with Crippen molar-refractivity contribution in [2.24, 2.45) is 0 Å². The van der Waals surface area contributed by atoms with Gasteiger partial charge in [0.15, 0.2) is 10.3 Å². The van der Waals surface area contributed by atoms with Gasteiger partial charge in [0.05, 0.1) is 0 Å². The standard InChI is InChI=1S/C10H13ClN4S/c1-10(2-4-13-5-3-10)15-9-14-8(11)7(6-12)16-9/h13H,2-5H2,1H3,(H,14,15). The summed E-state index contributed by atoms with van der Waals surface area (Å²) in [6.07, 6.45) is 2.10. The summed E-state index contributed by atoms with van der Waals surface area (Å²) >= 11 is 7.15. The van der Waals surface area contributed by atoms with Crippen molar-refractivity contribution in [3.8, 4) is 6.07 Å². The van der Waals surface area contributed by atoms with Gasteiger partial charge in [-0.2, -0.15) is 5.26 Å². The summed E-state index contributed by atoms with van der Waals surface area (Å²) in [7, 11) is 0. The lowest BCUT2D eigenvalue weighted by Crippen LogP contribution is -2.45. The maximum Gasteiger partial charge on any atom is 0.185 e. The van der Waals surface area contributed by atoms with E-state index in [0.717, 1.165) is 31.1 Å². The second kappa shape index (κ2) is 4.58. The third-order valence-corrected chi connectivity index (χ3v) is 4.06. The minimum absolute atomic E-state index is 0.0547. The zero-order valence-electron chi connectivity index (χ0n) is 9.01. The third kappa shape index (κ3) is 2.46. The van der Waals surface area contributed by atoms with Crippen LogP contribution in [0.25, 0.3) is 0 Å². The van der Waals surface area contributed by atoms with Gasteiger partial charge in [0.2, 0.25) is 0 Å². The summed E-state index contributed by atoms with van der Waals surface area (Å²) in [6.45, 7) is 4.19. The van der Waals surface area contributed by atoms with Crippen LogP contribution in [0.15, 0.2) is 0 Å². The van der Waals surface area contributed by atoms with Crippen LogP contribution in [0.1, 0.15) is 24.6 Å². The van der Waals surface area contributed by atoms with Gasteiger partial charge in [0.1, 0.15) is 10.9 Å². The molecule has 1 fully saturated rings. The molecule has 1 aromatic heterocycles. The van der Waals surface area contributed by atoms with E-state index in [4.69, 9.17) is 16.9 Å². The number of aromatic nitrogens is 1. The van der Waals surface area contributed by atoms with Gasteiger partial charge in [-0.25, -0.2) is 4.98 Å². The maximum absolute atomic E-state index is 8.80. The molecule has 1 saturated heterocycles. The van der Waals surface area contributed by atoms with Crippen LogP contribution in [0.5, 0.6) is 0 Å². The van der Waals surface area contributed by atoms with E-state index in [-0.39, 0.29) is 5.54 Å². The second-order valence-electron chi connectivity index (χ2n) is 4.19. The number of hydrogen-bond donors (Lipinski definition) is 2. The van der Waals surface area contributed by atoms with E-state index < -0.39 is 0 Å². The SMILES string of the molecule is CC1(Nc2nc(Cl)c(C#N)s2)CCNCC1. The minimum Gasteiger partial charge on any atom is -0.356 e. The largest absolute Gasteiger partial charge is 0.356 e. The molecular weight excluding hydrogens is 244 g/mol. The predicted molar refractivity (Wildman–Crippen MR) is 66.0 cm³/mol. The van der Waals surface area contributed by atoms with E-state index >= 15 is 0 Å². The molecule has 2 rings (SSSR count). The number of rotatable bonds is 2. The van der Waals surface area contributed by atoms with E-state index in [1.807, 2.05) is 6.07 Å². The van der Waals surface area contributed by atoms with E-state index in [0.29, 0.717) is 10.0 Å². The van der Waals surface area contributed by atoms with E-state index in [1.54, 1.807) is 0 Å². The molecule has 0 radical (unpaired) electrons. The zero-order valence-corrected chi connectivity index (χ0v) is 10.6. The molecule has 1 aliphatic heterocycles. The molecule has 16 heavy (non-hydrogen) atoms. The van der Waals surface area contributed by atoms with Crippen LogP contribution in [0.2, 0.25) is 5.15 Å². The fourth-order valence-electron chi connectivity index (χ4n) is 1.79. The summed E-state index contributed by atoms with van der Waals surface area (Å²) in [5, 5.41) is 16.5. The molecule has 0 unspecified atom stereocenters. The van der Waals surface area contributed by atoms with E-state index in [1.165, 1.54) is 11.3 Å². The summed E-state index contributed by atoms with van der Waals surface area (Å²) in [5.74, 6) is 0. The normalized spacial score (nSPS) is 19.1. The first-order chi connectivity index (χ1) is 7.63. The Hall–Kier alpha value is -0.830. The summed E-state index contributed by atoms with van der Waals surface area (Å²) in [4.78, 5) is 4.62. The molecule has 0 aromatic carbocycles. The molecular formula is C10H13ClN4S. The quantitative estimate of drug-likeness (QED) is 0.852. The van der Waals surface area contributed by atoms with Crippen LogP contribution in [-0.4, -0.2) is 23.6 Å². The fourth-order valence-corrected chi connectivity index (χ4v) is 2.88. The van der Waals surface area contributed by atoms with Crippen LogP contribution < -0.4 is 10.6 Å². The fraction of sp³-hybridized carbons (Fsp3) is 0.600. The lowest BCUT2D eigenvalue weighted by Gasteiger charge is -2.34. The first-order valence-electron chi connectivity index (χ1n) is 5.18. The number of halogens is 1. The molecule has 1 aliphatic rings. The van der Waals surface area contributed by atoms with Crippen molar-refractivity contribution in [2.45, 2.75) is 25.3 Å². The Balaban J connectivity index is 2.11. The molecule has 0 saturated carbocycles. The predicted octanol–water partition coefficient (Wildman–Crippen LogP) is 2.22. The Morgan fingerprint density at radius 3 is 2.81 bits per heavy atom. The number of hydrogen-bond acceptors (Lipinski definition) is 5. The Kier molecular flexibility index (Phi) is 3.33. The van der Waals surface area contributed by atoms with Crippen molar-refractivity contribution in [3.63, 3.8) is 0 Å². The Morgan fingerprint density at radius 2 is 2.25 bits per heavy atom. The van der Waals surface area contributed by atoms with Gasteiger partial charge in [0, 0.05) is 5.54 Å². The lowest BCUT2D eigenvalue weighted by molar-refractivity contribution is 0.365. The van der Waals surface area contributed by atoms with Gasteiger partial charge in [-0.15, -0.1) is 0 Å². The van der Waals surface area contributed by atoms with Crippen molar-refractivity contribution in [2.75, 3.05) is 18.4 Å². The van der Waals surface area contributed by atoms with Crippen LogP contribution in [0, 0.1) is 11.3 Å². The smallest absolute Gasteiger partial charge is 0.185 e. The Bertz CT molecular complexity index is 417.